The van der Waals surface area contributed by atoms with Crippen LogP contribution in [0.4, 0.5) is 5.69 Å². The van der Waals surface area contributed by atoms with Gasteiger partial charge in [-0.3, -0.25) is 9.10 Å². The van der Waals surface area contributed by atoms with E-state index in [1.54, 1.807) is 24.3 Å². The molecule has 27 heavy (non-hydrogen) atoms. The molecule has 0 radical (unpaired) electrons. The fraction of sp³-hybridized carbons (Fsp3) is 0.632. The van der Waals surface area contributed by atoms with Gasteiger partial charge < -0.3 is 10.1 Å². The maximum Gasteiger partial charge on any atom is 0.240 e. The van der Waals surface area contributed by atoms with Crippen LogP contribution >= 0.6 is 11.8 Å². The Kier molecular flexibility index (Phi) is 8.76. The van der Waals surface area contributed by atoms with Gasteiger partial charge in [0.25, 0.3) is 0 Å². The number of nitrogens with one attached hydrogen (secondary N) is 1. The van der Waals surface area contributed by atoms with Crippen molar-refractivity contribution in [2.75, 3.05) is 36.0 Å². The van der Waals surface area contributed by atoms with Crippen molar-refractivity contribution in [1.82, 2.24) is 5.32 Å². The largest absolute Gasteiger partial charge is 0.494 e. The summed E-state index contributed by atoms with van der Waals surface area (Å²) in [6.45, 7) is 2.76. The van der Waals surface area contributed by atoms with Gasteiger partial charge >= 0.3 is 0 Å². The number of hydrogen-bond acceptors (Lipinski definition) is 5. The van der Waals surface area contributed by atoms with Crippen LogP contribution in [0.2, 0.25) is 0 Å². The number of sulfonamides is 1. The number of carbonyl (C=O) groups excluding carboxylic acids is 1. The lowest BCUT2D eigenvalue weighted by atomic mass is 10.0. The Morgan fingerprint density at radius 2 is 1.89 bits per heavy atom. The van der Waals surface area contributed by atoms with Gasteiger partial charge in [-0.05, 0) is 44.0 Å². The topological polar surface area (TPSA) is 75.7 Å². The highest BCUT2D eigenvalue weighted by atomic mass is 32.2. The number of hydrogen-bond donors (Lipinski definition) is 1. The molecule has 0 aromatic heterocycles. The second-order valence-electron chi connectivity index (χ2n) is 6.68. The van der Waals surface area contributed by atoms with E-state index in [0.717, 1.165) is 16.3 Å². The average molecular weight is 415 g/mol. The number of ether oxygens (including phenoxy) is 1. The summed E-state index contributed by atoms with van der Waals surface area (Å²) in [7, 11) is -3.56. The lowest BCUT2D eigenvalue weighted by molar-refractivity contribution is -0.119. The molecule has 0 saturated heterocycles. The minimum atomic E-state index is -3.56. The molecular weight excluding hydrogens is 384 g/mol. The molecule has 8 heteroatoms. The van der Waals surface area contributed by atoms with Crippen LogP contribution in [0.25, 0.3) is 0 Å². The van der Waals surface area contributed by atoms with Crippen LogP contribution in [0.5, 0.6) is 5.75 Å². The summed E-state index contributed by atoms with van der Waals surface area (Å²) in [5.41, 5.74) is 0.452. The van der Waals surface area contributed by atoms with Gasteiger partial charge in [0.05, 0.1) is 18.6 Å². The zero-order valence-corrected chi connectivity index (χ0v) is 17.8. The van der Waals surface area contributed by atoms with Crippen LogP contribution in [-0.2, 0) is 14.8 Å². The highest BCUT2D eigenvalue weighted by molar-refractivity contribution is 7.99. The molecule has 1 fully saturated rings. The highest BCUT2D eigenvalue weighted by Crippen LogP contribution is 2.27. The molecule has 1 saturated carbocycles. The number of rotatable bonds is 10. The quantitative estimate of drug-likeness (QED) is 0.596. The predicted octanol–water partition coefficient (Wildman–Crippen LogP) is 3.03. The Hall–Kier alpha value is -1.41. The van der Waals surface area contributed by atoms with E-state index in [-0.39, 0.29) is 12.5 Å². The first-order chi connectivity index (χ1) is 12.9. The molecule has 0 heterocycles. The van der Waals surface area contributed by atoms with E-state index in [0.29, 0.717) is 29.8 Å². The fourth-order valence-electron chi connectivity index (χ4n) is 3.11. The van der Waals surface area contributed by atoms with Gasteiger partial charge in [0.2, 0.25) is 15.9 Å². The van der Waals surface area contributed by atoms with Gasteiger partial charge in [-0.2, -0.15) is 11.8 Å². The zero-order valence-electron chi connectivity index (χ0n) is 16.1. The van der Waals surface area contributed by atoms with Crippen LogP contribution in [-0.4, -0.2) is 51.3 Å². The number of carbonyl (C=O) groups is 1. The van der Waals surface area contributed by atoms with Gasteiger partial charge in [0.15, 0.2) is 0 Å². The van der Waals surface area contributed by atoms with Crippen LogP contribution < -0.4 is 14.4 Å². The van der Waals surface area contributed by atoms with Crippen molar-refractivity contribution < 1.29 is 17.9 Å². The molecule has 0 unspecified atom stereocenters. The molecule has 0 aliphatic heterocycles. The van der Waals surface area contributed by atoms with Gasteiger partial charge in [-0.15, -0.1) is 0 Å². The maximum absolute atomic E-state index is 12.2. The Morgan fingerprint density at radius 1 is 1.22 bits per heavy atom. The lowest BCUT2D eigenvalue weighted by Crippen LogP contribution is -2.41. The summed E-state index contributed by atoms with van der Waals surface area (Å²) >= 11 is 1.91. The molecule has 2 rings (SSSR count). The van der Waals surface area contributed by atoms with Crippen molar-refractivity contribution in [3.05, 3.63) is 24.3 Å². The van der Waals surface area contributed by atoms with Crippen molar-refractivity contribution in [2.24, 2.45) is 0 Å². The maximum atomic E-state index is 12.2. The highest BCUT2D eigenvalue weighted by Gasteiger charge is 2.21. The Morgan fingerprint density at radius 3 is 2.48 bits per heavy atom. The van der Waals surface area contributed by atoms with Crippen molar-refractivity contribution in [3.8, 4) is 5.75 Å². The molecule has 1 aliphatic rings. The van der Waals surface area contributed by atoms with E-state index in [4.69, 9.17) is 4.74 Å². The van der Waals surface area contributed by atoms with Crippen LogP contribution in [0, 0.1) is 0 Å². The van der Waals surface area contributed by atoms with Crippen LogP contribution in [0.3, 0.4) is 0 Å². The third-order valence-corrected chi connectivity index (χ3v) is 6.98. The minimum absolute atomic E-state index is 0.221. The van der Waals surface area contributed by atoms with E-state index in [2.05, 4.69) is 5.32 Å². The van der Waals surface area contributed by atoms with E-state index >= 15 is 0 Å². The molecular formula is C19H30N2O4S2. The molecule has 1 aliphatic carbocycles. The lowest BCUT2D eigenvalue weighted by Gasteiger charge is -2.23. The van der Waals surface area contributed by atoms with Crippen molar-refractivity contribution in [1.29, 1.82) is 0 Å². The monoisotopic (exact) mass is 414 g/mol. The van der Waals surface area contributed by atoms with Gasteiger partial charge in [0.1, 0.15) is 12.3 Å². The normalized spacial score (nSPS) is 15.3. The Bertz CT molecular complexity index is 686. The summed E-state index contributed by atoms with van der Waals surface area (Å²) in [5.74, 6) is 1.23. The summed E-state index contributed by atoms with van der Waals surface area (Å²) in [6, 6.07) is 6.71. The van der Waals surface area contributed by atoms with Gasteiger partial charge in [0, 0.05) is 17.5 Å². The molecule has 152 valence electrons. The smallest absolute Gasteiger partial charge is 0.240 e. The van der Waals surface area contributed by atoms with E-state index in [1.807, 2.05) is 18.7 Å². The molecule has 0 atom stereocenters. The zero-order chi connectivity index (χ0) is 19.7. The third kappa shape index (κ3) is 7.62. The summed E-state index contributed by atoms with van der Waals surface area (Å²) < 4.78 is 30.7. The van der Waals surface area contributed by atoms with Crippen LogP contribution in [0.1, 0.15) is 39.0 Å². The van der Waals surface area contributed by atoms with Crippen molar-refractivity contribution in [2.45, 2.75) is 44.3 Å². The van der Waals surface area contributed by atoms with E-state index in [1.165, 1.54) is 32.1 Å². The van der Waals surface area contributed by atoms with E-state index in [9.17, 15) is 13.2 Å². The summed E-state index contributed by atoms with van der Waals surface area (Å²) in [5, 5.41) is 3.54. The molecule has 0 bridgehead atoms. The molecule has 1 amide bonds. The molecule has 1 aromatic carbocycles. The predicted molar refractivity (Wildman–Crippen MR) is 112 cm³/mol. The number of thioether (sulfide) groups is 1. The molecule has 1 N–H and O–H groups in total. The first-order valence-corrected chi connectivity index (χ1v) is 12.4. The van der Waals surface area contributed by atoms with Crippen LogP contribution in [0.15, 0.2) is 24.3 Å². The molecule has 0 spiro atoms. The minimum Gasteiger partial charge on any atom is -0.494 e. The average Bonchev–Trinajstić information content (AvgIpc) is 2.64. The standard InChI is InChI=1S/C19H30N2O4S2/c1-3-25-17-11-9-16(10-12-17)21(27(2,23)24)15-19(22)20-13-14-26-18-7-5-4-6-8-18/h9-12,18H,3-8,13-15H2,1-2H3,(H,20,22). The van der Waals surface area contributed by atoms with Crippen molar-refractivity contribution in [3.63, 3.8) is 0 Å². The fourth-order valence-corrected chi connectivity index (χ4v) is 5.19. The number of benzene rings is 1. The Balaban J connectivity index is 1.84. The number of nitrogens with zero attached hydrogens (tertiary/aromatic N) is 1. The first-order valence-electron chi connectivity index (χ1n) is 9.49. The van der Waals surface area contributed by atoms with Gasteiger partial charge in [-0.1, -0.05) is 19.3 Å². The first kappa shape index (κ1) is 21.9. The van der Waals surface area contributed by atoms with Crippen molar-refractivity contribution >= 4 is 33.4 Å². The molecule has 6 nitrogen and oxygen atoms in total. The summed E-state index contributed by atoms with van der Waals surface area (Å²) in [6.07, 6.45) is 7.57. The SMILES string of the molecule is CCOc1ccc(N(CC(=O)NCCSC2CCCCC2)S(C)(=O)=O)cc1. The second-order valence-corrected chi connectivity index (χ2v) is 9.99. The molecule has 1 aromatic rings. The van der Waals surface area contributed by atoms with Gasteiger partial charge in [-0.25, -0.2) is 8.42 Å². The third-order valence-electron chi connectivity index (χ3n) is 4.45. The number of amides is 1. The van der Waals surface area contributed by atoms with E-state index < -0.39 is 10.0 Å². The Labute approximate surface area is 167 Å². The number of anilines is 1. The second kappa shape index (κ2) is 10.8. The summed E-state index contributed by atoms with van der Waals surface area (Å²) in [4.78, 5) is 12.2.